The summed E-state index contributed by atoms with van der Waals surface area (Å²) in [5, 5.41) is 12.6. The van der Waals surface area contributed by atoms with Gasteiger partial charge in [-0.15, -0.1) is 0 Å². The number of rotatable bonds is 2. The number of hydrogen-bond acceptors (Lipinski definition) is 3. The van der Waals surface area contributed by atoms with Crippen molar-refractivity contribution >= 4 is 5.91 Å². The highest BCUT2D eigenvalue weighted by molar-refractivity contribution is 5.85. The number of ether oxygens (including phenoxy) is 1. The Morgan fingerprint density at radius 1 is 1.21 bits per heavy atom. The summed E-state index contributed by atoms with van der Waals surface area (Å²) in [5.74, 6) is -0.0435. The molecule has 3 rings (SSSR count). The number of carbonyl (C=O) groups is 1. The smallest absolute Gasteiger partial charge is 0.240 e. The number of amides is 1. The molecule has 19 heavy (non-hydrogen) atoms. The molecule has 104 valence electrons. The number of nitrogens with one attached hydrogen (secondary N) is 1. The van der Waals surface area contributed by atoms with Crippen molar-refractivity contribution < 1.29 is 9.53 Å². The van der Waals surface area contributed by atoms with E-state index >= 15 is 0 Å². The molecular weight excluding hydrogens is 240 g/mol. The molecule has 1 amide bonds. The van der Waals surface area contributed by atoms with Crippen LogP contribution in [0.5, 0.6) is 0 Å². The first-order valence-corrected chi connectivity index (χ1v) is 7.61. The van der Waals surface area contributed by atoms with Crippen LogP contribution < -0.4 is 5.32 Å². The Morgan fingerprint density at radius 2 is 1.95 bits per heavy atom. The lowest BCUT2D eigenvalue weighted by molar-refractivity contribution is -0.130. The standard InChI is InChI=1S/C15H22N2O2/c16-10-15(7-3-1-2-4-8-15)14(18)17-12-9-11-5-6-13(12)19-11/h11-13H,1-9H2,(H,17,18). The molecule has 1 saturated carbocycles. The van der Waals surface area contributed by atoms with E-state index in [0.717, 1.165) is 57.8 Å². The SMILES string of the molecule is N#CC1(C(=O)NC2CC3CCC2O3)CCCCCC1. The minimum atomic E-state index is -0.779. The van der Waals surface area contributed by atoms with Gasteiger partial charge >= 0.3 is 0 Å². The van der Waals surface area contributed by atoms with Crippen LogP contribution in [0.2, 0.25) is 0 Å². The number of carbonyl (C=O) groups excluding carboxylic acids is 1. The molecule has 4 nitrogen and oxygen atoms in total. The fourth-order valence-electron chi connectivity index (χ4n) is 3.82. The van der Waals surface area contributed by atoms with E-state index in [4.69, 9.17) is 4.74 Å². The third-order valence-electron chi connectivity index (χ3n) is 5.03. The second-order valence-corrected chi connectivity index (χ2v) is 6.30. The van der Waals surface area contributed by atoms with Crippen LogP contribution in [0, 0.1) is 16.7 Å². The van der Waals surface area contributed by atoms with Gasteiger partial charge in [0.05, 0.1) is 24.3 Å². The quantitative estimate of drug-likeness (QED) is 0.777. The lowest BCUT2D eigenvalue weighted by Crippen LogP contribution is -2.48. The van der Waals surface area contributed by atoms with Gasteiger partial charge in [0.15, 0.2) is 0 Å². The van der Waals surface area contributed by atoms with Gasteiger partial charge in [0.1, 0.15) is 5.41 Å². The average Bonchev–Trinajstić information content (AvgIpc) is 2.94. The largest absolute Gasteiger partial charge is 0.373 e. The van der Waals surface area contributed by atoms with E-state index in [1.165, 1.54) is 0 Å². The van der Waals surface area contributed by atoms with Gasteiger partial charge in [0.25, 0.3) is 0 Å². The molecule has 2 bridgehead atoms. The average molecular weight is 262 g/mol. The first-order chi connectivity index (χ1) is 9.23. The van der Waals surface area contributed by atoms with Crippen LogP contribution in [0.4, 0.5) is 0 Å². The Bertz CT molecular complexity index is 393. The third-order valence-corrected chi connectivity index (χ3v) is 5.03. The Morgan fingerprint density at radius 3 is 2.47 bits per heavy atom. The zero-order chi connectivity index (χ0) is 13.3. The topological polar surface area (TPSA) is 62.1 Å². The summed E-state index contributed by atoms with van der Waals surface area (Å²) in [4.78, 5) is 12.5. The van der Waals surface area contributed by atoms with Crippen molar-refractivity contribution in [3.63, 3.8) is 0 Å². The fourth-order valence-corrected chi connectivity index (χ4v) is 3.82. The van der Waals surface area contributed by atoms with Gasteiger partial charge in [0, 0.05) is 0 Å². The summed E-state index contributed by atoms with van der Waals surface area (Å²) >= 11 is 0. The highest BCUT2D eigenvalue weighted by atomic mass is 16.5. The molecule has 2 aliphatic heterocycles. The van der Waals surface area contributed by atoms with Gasteiger partial charge < -0.3 is 10.1 Å². The molecule has 0 aromatic heterocycles. The van der Waals surface area contributed by atoms with Crippen LogP contribution in [0.25, 0.3) is 0 Å². The number of fused-ring (bicyclic) bond motifs is 2. The van der Waals surface area contributed by atoms with Crippen molar-refractivity contribution in [2.75, 3.05) is 0 Å². The molecule has 3 aliphatic rings. The second-order valence-electron chi connectivity index (χ2n) is 6.30. The minimum absolute atomic E-state index is 0.0435. The van der Waals surface area contributed by atoms with Crippen LogP contribution >= 0.6 is 0 Å². The van der Waals surface area contributed by atoms with E-state index in [2.05, 4.69) is 11.4 Å². The van der Waals surface area contributed by atoms with E-state index in [0.29, 0.717) is 6.10 Å². The molecule has 1 aliphatic carbocycles. The maximum atomic E-state index is 12.5. The highest BCUT2D eigenvalue weighted by Gasteiger charge is 2.45. The monoisotopic (exact) mass is 262 g/mol. The van der Waals surface area contributed by atoms with Gasteiger partial charge in [-0.05, 0) is 32.1 Å². The molecule has 1 N–H and O–H groups in total. The van der Waals surface area contributed by atoms with Crippen molar-refractivity contribution in [2.45, 2.75) is 76.0 Å². The minimum Gasteiger partial charge on any atom is -0.373 e. The highest BCUT2D eigenvalue weighted by Crippen LogP contribution is 2.37. The van der Waals surface area contributed by atoms with Gasteiger partial charge in [-0.1, -0.05) is 25.7 Å². The Kier molecular flexibility index (Phi) is 3.49. The summed E-state index contributed by atoms with van der Waals surface area (Å²) in [5.41, 5.74) is -0.779. The van der Waals surface area contributed by atoms with Crippen molar-refractivity contribution in [3.05, 3.63) is 0 Å². The maximum Gasteiger partial charge on any atom is 0.240 e. The molecule has 0 radical (unpaired) electrons. The Labute approximate surface area is 114 Å². The molecule has 2 saturated heterocycles. The zero-order valence-electron chi connectivity index (χ0n) is 11.4. The summed E-state index contributed by atoms with van der Waals surface area (Å²) in [6.07, 6.45) is 9.35. The first kappa shape index (κ1) is 12.9. The van der Waals surface area contributed by atoms with E-state index in [-0.39, 0.29) is 18.1 Å². The van der Waals surface area contributed by atoms with Gasteiger partial charge in [-0.3, -0.25) is 4.79 Å². The molecule has 3 fully saturated rings. The molecule has 4 heteroatoms. The molecule has 0 spiro atoms. The summed E-state index contributed by atoms with van der Waals surface area (Å²) in [6, 6.07) is 2.46. The lowest BCUT2D eigenvalue weighted by Gasteiger charge is -2.28. The molecule has 3 atom stereocenters. The van der Waals surface area contributed by atoms with Crippen molar-refractivity contribution in [1.29, 1.82) is 5.26 Å². The normalized spacial score (nSPS) is 36.5. The van der Waals surface area contributed by atoms with Crippen molar-refractivity contribution in [1.82, 2.24) is 5.32 Å². The Hall–Kier alpha value is -1.08. The molecule has 2 heterocycles. The number of nitrogens with zero attached hydrogens (tertiary/aromatic N) is 1. The number of hydrogen-bond donors (Lipinski definition) is 1. The zero-order valence-corrected chi connectivity index (χ0v) is 11.4. The predicted octanol–water partition coefficient (Wildman–Crippen LogP) is 2.29. The molecule has 0 aromatic carbocycles. The van der Waals surface area contributed by atoms with Crippen LogP contribution in [-0.2, 0) is 9.53 Å². The molecular formula is C15H22N2O2. The number of nitriles is 1. The second kappa shape index (κ2) is 5.13. The van der Waals surface area contributed by atoms with Crippen LogP contribution in [-0.4, -0.2) is 24.2 Å². The predicted molar refractivity (Wildman–Crippen MR) is 70.2 cm³/mol. The molecule has 0 aromatic rings. The van der Waals surface area contributed by atoms with Crippen LogP contribution in [0.15, 0.2) is 0 Å². The van der Waals surface area contributed by atoms with E-state index in [1.807, 2.05) is 0 Å². The third kappa shape index (κ3) is 2.36. The van der Waals surface area contributed by atoms with Crippen molar-refractivity contribution in [3.8, 4) is 6.07 Å². The molecule has 3 unspecified atom stereocenters. The Balaban J connectivity index is 1.66. The van der Waals surface area contributed by atoms with E-state index in [9.17, 15) is 10.1 Å². The van der Waals surface area contributed by atoms with Crippen molar-refractivity contribution in [2.24, 2.45) is 5.41 Å². The first-order valence-electron chi connectivity index (χ1n) is 7.61. The maximum absolute atomic E-state index is 12.5. The summed E-state index contributed by atoms with van der Waals surface area (Å²) < 4.78 is 5.77. The summed E-state index contributed by atoms with van der Waals surface area (Å²) in [7, 11) is 0. The van der Waals surface area contributed by atoms with Crippen LogP contribution in [0.1, 0.15) is 57.8 Å². The van der Waals surface area contributed by atoms with Gasteiger partial charge in [-0.2, -0.15) is 5.26 Å². The fraction of sp³-hybridized carbons (Fsp3) is 0.867. The van der Waals surface area contributed by atoms with E-state index in [1.54, 1.807) is 0 Å². The van der Waals surface area contributed by atoms with E-state index < -0.39 is 5.41 Å². The lowest BCUT2D eigenvalue weighted by atomic mass is 9.80. The van der Waals surface area contributed by atoms with Gasteiger partial charge in [-0.25, -0.2) is 0 Å². The summed E-state index contributed by atoms with van der Waals surface area (Å²) in [6.45, 7) is 0. The van der Waals surface area contributed by atoms with Crippen LogP contribution in [0.3, 0.4) is 0 Å². The van der Waals surface area contributed by atoms with Gasteiger partial charge in [0.2, 0.25) is 5.91 Å².